The average Bonchev–Trinajstić information content (AvgIpc) is 3.37. The van der Waals surface area contributed by atoms with E-state index in [0.717, 1.165) is 28.0 Å². The smallest absolute Gasteiger partial charge is 0.282 e. The van der Waals surface area contributed by atoms with E-state index in [9.17, 15) is 4.79 Å². The molecular weight excluding hydrogens is 420 g/mol. The van der Waals surface area contributed by atoms with E-state index in [1.807, 2.05) is 54.7 Å². The van der Waals surface area contributed by atoms with Crippen LogP contribution in [0.15, 0.2) is 77.1 Å². The molecule has 2 aliphatic rings. The number of ether oxygens (including phenoxy) is 2. The summed E-state index contributed by atoms with van der Waals surface area (Å²) in [4.78, 5) is 22.2. The van der Waals surface area contributed by atoms with Crippen LogP contribution in [0.25, 0.3) is 17.0 Å². The van der Waals surface area contributed by atoms with Crippen molar-refractivity contribution in [2.24, 2.45) is 4.99 Å². The zero-order valence-corrected chi connectivity index (χ0v) is 18.2. The molecule has 0 atom stereocenters. The largest absolute Gasteiger partial charge is 0.497 e. The van der Waals surface area contributed by atoms with Crippen LogP contribution >= 0.6 is 0 Å². The van der Waals surface area contributed by atoms with Crippen molar-refractivity contribution in [3.8, 4) is 11.5 Å². The maximum atomic E-state index is 12.6. The number of aromatic nitrogens is 1. The first-order valence-corrected chi connectivity index (χ1v) is 10.5. The lowest BCUT2D eigenvalue weighted by Gasteiger charge is -2.22. The number of benzene rings is 2. The summed E-state index contributed by atoms with van der Waals surface area (Å²) in [5, 5.41) is 10.7. The number of amidine groups is 2. The number of fused-ring (bicyclic) bond motifs is 2. The minimum Gasteiger partial charge on any atom is -0.497 e. The average molecular weight is 442 g/mol. The molecule has 0 aliphatic carbocycles. The van der Waals surface area contributed by atoms with Crippen molar-refractivity contribution in [3.63, 3.8) is 0 Å². The molecule has 0 saturated carbocycles. The van der Waals surface area contributed by atoms with E-state index < -0.39 is 5.91 Å². The van der Waals surface area contributed by atoms with Gasteiger partial charge in [0.15, 0.2) is 11.7 Å². The van der Waals surface area contributed by atoms with E-state index in [1.54, 1.807) is 26.2 Å². The molecule has 0 spiro atoms. The van der Waals surface area contributed by atoms with Crippen LogP contribution in [-0.4, -0.2) is 40.9 Å². The lowest BCUT2D eigenvalue weighted by Crippen LogP contribution is -2.38. The van der Waals surface area contributed by atoms with Crippen molar-refractivity contribution in [2.75, 3.05) is 13.7 Å². The predicted octanol–water partition coefficient (Wildman–Crippen LogP) is 4.18. The summed E-state index contributed by atoms with van der Waals surface area (Å²) in [6.07, 6.45) is 5.29. The summed E-state index contributed by atoms with van der Waals surface area (Å²) in [6, 6.07) is 15.4. The van der Waals surface area contributed by atoms with Crippen molar-refractivity contribution in [1.29, 1.82) is 5.41 Å². The van der Waals surface area contributed by atoms with Crippen molar-refractivity contribution in [1.82, 2.24) is 9.63 Å². The number of carbonyl (C=O) groups excluding carboxylic acids is 1. The molecular formula is C25H22N4O4. The second-order valence-electron chi connectivity index (χ2n) is 7.64. The van der Waals surface area contributed by atoms with Crippen LogP contribution in [0.3, 0.4) is 0 Å². The number of rotatable bonds is 6. The van der Waals surface area contributed by atoms with Gasteiger partial charge < -0.3 is 18.9 Å². The minimum absolute atomic E-state index is 0.0312. The third-order valence-corrected chi connectivity index (χ3v) is 5.44. The molecule has 0 fully saturated rings. The zero-order chi connectivity index (χ0) is 22.9. The number of nitrogens with zero attached hydrogens (tertiary/aromatic N) is 3. The SMILES string of the molecule is COc1cccc(OCCn2cc(/C=C3\C(=N)N4OC(C)=CC4=NC3=O)c3ccccc32)c1. The molecule has 0 unspecified atom stereocenters. The Morgan fingerprint density at radius 1 is 1.15 bits per heavy atom. The Morgan fingerprint density at radius 2 is 1.97 bits per heavy atom. The summed E-state index contributed by atoms with van der Waals surface area (Å²) in [5.41, 5.74) is 2.01. The van der Waals surface area contributed by atoms with Crippen LogP contribution < -0.4 is 9.47 Å². The number of amides is 1. The first kappa shape index (κ1) is 20.6. The molecule has 3 heterocycles. The Morgan fingerprint density at radius 3 is 2.82 bits per heavy atom. The van der Waals surface area contributed by atoms with E-state index in [1.165, 1.54) is 5.06 Å². The van der Waals surface area contributed by atoms with Gasteiger partial charge in [-0.2, -0.15) is 4.99 Å². The number of hydrogen-bond donors (Lipinski definition) is 1. The number of aliphatic imine (C=N–C) groups is 1. The van der Waals surface area contributed by atoms with Gasteiger partial charge in [-0.15, -0.1) is 5.06 Å². The zero-order valence-electron chi connectivity index (χ0n) is 18.2. The highest BCUT2D eigenvalue weighted by Crippen LogP contribution is 2.28. The minimum atomic E-state index is -0.459. The monoisotopic (exact) mass is 442 g/mol. The van der Waals surface area contributed by atoms with Gasteiger partial charge in [0.25, 0.3) is 5.91 Å². The quantitative estimate of drug-likeness (QED) is 0.579. The highest BCUT2D eigenvalue weighted by atomic mass is 16.7. The molecule has 2 aliphatic heterocycles. The van der Waals surface area contributed by atoms with Crippen molar-refractivity contribution in [3.05, 3.63) is 77.7 Å². The van der Waals surface area contributed by atoms with Gasteiger partial charge in [-0.25, -0.2) is 0 Å². The number of hydrogen-bond acceptors (Lipinski definition) is 5. The van der Waals surface area contributed by atoms with Crippen LogP contribution in [0.2, 0.25) is 0 Å². The number of methoxy groups -OCH3 is 1. The lowest BCUT2D eigenvalue weighted by molar-refractivity contribution is -0.114. The van der Waals surface area contributed by atoms with E-state index in [-0.39, 0.29) is 11.4 Å². The topological polar surface area (TPSA) is 89.1 Å². The summed E-state index contributed by atoms with van der Waals surface area (Å²) in [5.74, 6) is 1.90. The molecule has 33 heavy (non-hydrogen) atoms. The van der Waals surface area contributed by atoms with E-state index in [2.05, 4.69) is 9.56 Å². The van der Waals surface area contributed by atoms with Gasteiger partial charge in [-0.3, -0.25) is 10.2 Å². The summed E-state index contributed by atoms with van der Waals surface area (Å²) < 4.78 is 13.2. The van der Waals surface area contributed by atoms with Gasteiger partial charge in [-0.1, -0.05) is 24.3 Å². The molecule has 0 saturated heterocycles. The number of carbonyl (C=O) groups is 1. The Kier molecular flexibility index (Phi) is 5.18. The molecule has 0 bridgehead atoms. The molecule has 1 amide bonds. The van der Waals surface area contributed by atoms with Gasteiger partial charge in [0.05, 0.1) is 19.2 Å². The highest BCUT2D eigenvalue weighted by Gasteiger charge is 2.34. The number of nitrogens with one attached hydrogen (secondary N) is 1. The molecule has 2 aromatic carbocycles. The van der Waals surface area contributed by atoms with Gasteiger partial charge in [-0.05, 0) is 31.2 Å². The molecule has 166 valence electrons. The highest BCUT2D eigenvalue weighted by molar-refractivity contribution is 6.32. The molecule has 8 nitrogen and oxygen atoms in total. The van der Waals surface area contributed by atoms with Gasteiger partial charge in [0, 0.05) is 34.8 Å². The van der Waals surface area contributed by atoms with Gasteiger partial charge >= 0.3 is 0 Å². The van der Waals surface area contributed by atoms with Crippen molar-refractivity contribution >= 4 is 34.6 Å². The first-order valence-electron chi connectivity index (χ1n) is 10.5. The Hall–Kier alpha value is -4.33. The molecule has 1 aromatic heterocycles. The van der Waals surface area contributed by atoms with Crippen LogP contribution in [0.1, 0.15) is 12.5 Å². The Bertz CT molecular complexity index is 1370. The number of allylic oxidation sites excluding steroid dienone is 1. The fraction of sp³-hybridized carbons (Fsp3) is 0.160. The second-order valence-corrected chi connectivity index (χ2v) is 7.64. The molecule has 3 aromatic rings. The van der Waals surface area contributed by atoms with Gasteiger partial charge in [0.2, 0.25) is 0 Å². The van der Waals surface area contributed by atoms with Crippen LogP contribution in [0, 0.1) is 5.41 Å². The molecule has 1 N–H and O–H groups in total. The standard InChI is InChI=1S/C25H22N4O4/c1-16-12-23-27-25(30)21(24(26)29(23)33-16)13-17-15-28(22-9-4-3-8-20(17)22)10-11-32-19-7-5-6-18(14-19)31-2/h3-9,12-15,26H,10-11H2,1-2H3/b21-13+,26-24?. The molecule has 5 rings (SSSR count). The normalized spacial score (nSPS) is 16.5. The van der Waals surface area contributed by atoms with Crippen molar-refractivity contribution < 1.29 is 19.1 Å². The maximum Gasteiger partial charge on any atom is 0.282 e. The van der Waals surface area contributed by atoms with Crippen LogP contribution in [-0.2, 0) is 16.2 Å². The van der Waals surface area contributed by atoms with E-state index in [0.29, 0.717) is 24.7 Å². The van der Waals surface area contributed by atoms with E-state index in [4.69, 9.17) is 19.7 Å². The first-order chi connectivity index (χ1) is 16.0. The molecule has 8 heteroatoms. The van der Waals surface area contributed by atoms with Crippen molar-refractivity contribution in [2.45, 2.75) is 13.5 Å². The fourth-order valence-corrected chi connectivity index (χ4v) is 3.88. The third kappa shape index (κ3) is 3.87. The maximum absolute atomic E-state index is 12.6. The van der Waals surface area contributed by atoms with Gasteiger partial charge in [0.1, 0.15) is 23.9 Å². The Balaban J connectivity index is 1.41. The molecule has 0 radical (unpaired) electrons. The third-order valence-electron chi connectivity index (χ3n) is 5.44. The summed E-state index contributed by atoms with van der Waals surface area (Å²) >= 11 is 0. The van der Waals surface area contributed by atoms with E-state index >= 15 is 0 Å². The van der Waals surface area contributed by atoms with Crippen LogP contribution in [0.5, 0.6) is 11.5 Å². The number of para-hydroxylation sites is 1. The Labute approximate surface area is 190 Å². The lowest BCUT2D eigenvalue weighted by atomic mass is 10.1. The van der Waals surface area contributed by atoms with Crippen LogP contribution in [0.4, 0.5) is 0 Å². The fourth-order valence-electron chi connectivity index (χ4n) is 3.88. The second kappa shape index (κ2) is 8.31. The summed E-state index contributed by atoms with van der Waals surface area (Å²) in [7, 11) is 1.62. The summed E-state index contributed by atoms with van der Waals surface area (Å²) in [6.45, 7) is 2.81. The predicted molar refractivity (Wildman–Crippen MR) is 125 cm³/mol. The number of hydroxylamine groups is 2.